The lowest BCUT2D eigenvalue weighted by Crippen LogP contribution is -2.45. The summed E-state index contributed by atoms with van der Waals surface area (Å²) >= 11 is 0. The first kappa shape index (κ1) is 78.2. The highest BCUT2D eigenvalue weighted by Crippen LogP contribution is 2.38. The molecule has 0 aliphatic rings. The van der Waals surface area contributed by atoms with Crippen molar-refractivity contribution in [2.45, 2.75) is 347 Å². The first-order chi connectivity index (χ1) is 39.0. The van der Waals surface area contributed by atoms with Crippen LogP contribution in [0, 0.1) is 0 Å². The summed E-state index contributed by atoms with van der Waals surface area (Å²) < 4.78 is 23.4. The van der Waals surface area contributed by atoms with Gasteiger partial charge in [0.1, 0.15) is 13.2 Å². The molecule has 0 spiro atoms. The monoisotopic (exact) mass is 1140 g/mol. The van der Waals surface area contributed by atoms with Gasteiger partial charge in [0.2, 0.25) is 5.91 Å². The Morgan fingerprint density at radius 2 is 0.738 bits per heavy atom. The Bertz CT molecular complexity index is 1490. The minimum atomic E-state index is -4.61. The van der Waals surface area contributed by atoms with Gasteiger partial charge in [-0.05, 0) is 77.0 Å². The lowest BCUT2D eigenvalue weighted by atomic mass is 10.0. The van der Waals surface area contributed by atoms with Gasteiger partial charge >= 0.3 is 0 Å². The fraction of sp³-hybridized carbons (Fsp3) is 0.845. The number of carbonyl (C=O) groups is 1. The number of aliphatic hydroxyl groups is 1. The number of amides is 1. The second-order valence-corrected chi connectivity index (χ2v) is 26.3. The van der Waals surface area contributed by atoms with E-state index >= 15 is 0 Å². The van der Waals surface area contributed by atoms with Crippen molar-refractivity contribution < 1.29 is 32.9 Å². The minimum absolute atomic E-state index is 0.00849. The molecule has 0 rings (SSSR count). The Kier molecular flexibility index (Phi) is 60.4. The number of carbonyl (C=O) groups excluding carboxylic acids is 1. The average Bonchev–Trinajstić information content (AvgIpc) is 3.42. The summed E-state index contributed by atoms with van der Waals surface area (Å²) in [5.74, 6) is -0.206. The molecule has 80 heavy (non-hydrogen) atoms. The molecule has 0 aliphatic heterocycles. The van der Waals surface area contributed by atoms with E-state index in [1.165, 1.54) is 263 Å². The average molecular weight is 1140 g/mol. The van der Waals surface area contributed by atoms with E-state index in [-0.39, 0.29) is 12.5 Å². The van der Waals surface area contributed by atoms with Crippen LogP contribution in [0.5, 0.6) is 0 Å². The number of phosphoric acid groups is 1. The Morgan fingerprint density at radius 1 is 0.438 bits per heavy atom. The molecule has 0 saturated heterocycles. The fourth-order valence-electron chi connectivity index (χ4n) is 10.3. The largest absolute Gasteiger partial charge is 0.756 e. The van der Waals surface area contributed by atoms with E-state index in [9.17, 15) is 19.4 Å². The molecule has 0 aliphatic carbocycles. The van der Waals surface area contributed by atoms with Gasteiger partial charge in [-0.15, -0.1) is 0 Å². The van der Waals surface area contributed by atoms with E-state index in [1.807, 2.05) is 27.2 Å². The summed E-state index contributed by atoms with van der Waals surface area (Å²) in [5, 5.41) is 13.9. The second-order valence-electron chi connectivity index (χ2n) is 24.9. The molecule has 1 amide bonds. The molecule has 470 valence electrons. The molecule has 0 saturated carbocycles. The molecule has 2 N–H and O–H groups in total. The molecule has 3 unspecified atom stereocenters. The standard InChI is InChI=1S/C71H135N2O6P/c1-6-8-10-12-14-16-18-20-22-24-26-27-28-29-30-31-32-33-34-35-36-37-38-39-40-41-42-43-44-45-47-49-51-53-55-57-59-61-63-65-71(75)72-69(68-79-80(76,77)78-67-66-73(3,4)5)70(74)64-62-60-58-56-54-52-50-48-46-25-23-21-19-17-15-13-11-9-7-2/h18,20,24,26,46,48,54,56,62,64,69-70,74H,6-17,19,21-23,25,27-45,47,49-53,55,57-61,63,65-68H2,1-5H3,(H-,72,75,76,77)/b20-18-,26-24-,48-46+,56-54+,64-62+. The number of rotatable bonds is 64. The molecule has 0 aromatic rings. The highest BCUT2D eigenvalue weighted by Gasteiger charge is 2.23. The first-order valence-electron chi connectivity index (χ1n) is 34.7. The quantitative estimate of drug-likeness (QED) is 0.0272. The number of phosphoric ester groups is 1. The number of likely N-dealkylation sites (N-methyl/N-ethyl adjacent to an activating group) is 1. The number of nitrogens with zero attached hydrogens (tertiary/aromatic N) is 1. The number of aliphatic hydroxyl groups excluding tert-OH is 1. The highest BCUT2D eigenvalue weighted by atomic mass is 31.2. The van der Waals surface area contributed by atoms with E-state index in [2.05, 4.69) is 67.8 Å². The maximum Gasteiger partial charge on any atom is 0.268 e. The van der Waals surface area contributed by atoms with Gasteiger partial charge in [0, 0.05) is 6.42 Å². The van der Waals surface area contributed by atoms with Crippen molar-refractivity contribution in [1.29, 1.82) is 0 Å². The van der Waals surface area contributed by atoms with Gasteiger partial charge in [-0.2, -0.15) is 0 Å². The van der Waals surface area contributed by atoms with E-state index in [1.54, 1.807) is 6.08 Å². The van der Waals surface area contributed by atoms with Crippen molar-refractivity contribution in [3.63, 3.8) is 0 Å². The number of nitrogens with one attached hydrogen (secondary N) is 1. The van der Waals surface area contributed by atoms with Crippen LogP contribution in [0.2, 0.25) is 0 Å². The van der Waals surface area contributed by atoms with Gasteiger partial charge in [0.25, 0.3) is 7.82 Å². The third kappa shape index (κ3) is 63.8. The number of unbranched alkanes of at least 4 members (excludes halogenated alkanes) is 43. The van der Waals surface area contributed by atoms with Crippen LogP contribution in [0.1, 0.15) is 335 Å². The summed E-state index contributed by atoms with van der Waals surface area (Å²) in [7, 11) is 1.24. The zero-order chi connectivity index (χ0) is 58.4. The van der Waals surface area contributed by atoms with Crippen LogP contribution in [0.4, 0.5) is 0 Å². The Labute approximate surface area is 498 Å². The predicted octanol–water partition coefficient (Wildman–Crippen LogP) is 21.4. The van der Waals surface area contributed by atoms with E-state index in [4.69, 9.17) is 9.05 Å². The summed E-state index contributed by atoms with van der Waals surface area (Å²) in [6, 6.07) is -0.910. The minimum Gasteiger partial charge on any atom is -0.756 e. The van der Waals surface area contributed by atoms with Gasteiger partial charge in [0.15, 0.2) is 0 Å². The summed E-state index contributed by atoms with van der Waals surface area (Å²) in [6.45, 7) is 4.64. The molecule has 3 atom stereocenters. The molecule has 0 bridgehead atoms. The zero-order valence-electron chi connectivity index (χ0n) is 53.8. The molecule has 9 heteroatoms. The maximum absolute atomic E-state index is 13.0. The zero-order valence-corrected chi connectivity index (χ0v) is 54.7. The van der Waals surface area contributed by atoms with Crippen molar-refractivity contribution in [3.8, 4) is 0 Å². The van der Waals surface area contributed by atoms with Crippen molar-refractivity contribution in [3.05, 3.63) is 60.8 Å². The topological polar surface area (TPSA) is 108 Å². The van der Waals surface area contributed by atoms with Gasteiger partial charge in [0.05, 0.1) is 39.9 Å². The molecule has 0 radical (unpaired) electrons. The maximum atomic E-state index is 13.0. The van der Waals surface area contributed by atoms with Crippen LogP contribution in [0.15, 0.2) is 60.8 Å². The first-order valence-corrected chi connectivity index (χ1v) is 36.1. The third-order valence-electron chi connectivity index (χ3n) is 15.7. The second kappa shape index (κ2) is 61.8. The predicted molar refractivity (Wildman–Crippen MR) is 348 cm³/mol. The van der Waals surface area contributed by atoms with E-state index < -0.39 is 26.6 Å². The Hall–Kier alpha value is -1.80. The summed E-state index contributed by atoms with van der Waals surface area (Å²) in [6.07, 6.45) is 85.0. The highest BCUT2D eigenvalue weighted by molar-refractivity contribution is 7.45. The van der Waals surface area contributed by atoms with Gasteiger partial charge in [-0.1, -0.05) is 312 Å². The Morgan fingerprint density at radius 3 is 1.09 bits per heavy atom. The van der Waals surface area contributed by atoms with Gasteiger partial charge < -0.3 is 28.8 Å². The molecular weight excluding hydrogens is 1010 g/mol. The summed E-state index contributed by atoms with van der Waals surface area (Å²) in [5.41, 5.74) is 0. The van der Waals surface area contributed by atoms with E-state index in [0.29, 0.717) is 17.4 Å². The fourth-order valence-corrected chi connectivity index (χ4v) is 11.0. The normalized spacial score (nSPS) is 14.0. The molecular formula is C71H135N2O6P. The number of allylic oxidation sites excluding steroid dienone is 9. The number of hydrogen-bond acceptors (Lipinski definition) is 6. The van der Waals surface area contributed by atoms with Crippen LogP contribution in [-0.4, -0.2) is 68.5 Å². The van der Waals surface area contributed by atoms with Crippen LogP contribution in [-0.2, 0) is 18.4 Å². The molecule has 0 aromatic carbocycles. The molecule has 0 aromatic heterocycles. The van der Waals surface area contributed by atoms with Crippen LogP contribution in [0.3, 0.4) is 0 Å². The lowest BCUT2D eigenvalue weighted by molar-refractivity contribution is -0.870. The number of quaternary nitrogens is 1. The van der Waals surface area contributed by atoms with E-state index in [0.717, 1.165) is 51.4 Å². The van der Waals surface area contributed by atoms with Crippen molar-refractivity contribution >= 4 is 13.7 Å². The molecule has 0 fully saturated rings. The molecule has 8 nitrogen and oxygen atoms in total. The van der Waals surface area contributed by atoms with Crippen LogP contribution < -0.4 is 10.2 Å². The molecule has 0 heterocycles. The SMILES string of the molecule is CCCCCCC/C=C\C/C=C\CCCCCCCCCCCCCCCCCCCCCCCCCCCCCC(=O)NC(COP(=O)([O-])OCC[N+](C)(C)C)C(O)/C=C/CC/C=C/CC/C=C/CCCCCCCCCCC. The van der Waals surface area contributed by atoms with Gasteiger partial charge in [-0.3, -0.25) is 9.36 Å². The summed E-state index contributed by atoms with van der Waals surface area (Å²) in [4.78, 5) is 25.6. The Balaban J connectivity index is 3.96. The van der Waals surface area contributed by atoms with Crippen molar-refractivity contribution in [1.82, 2.24) is 5.32 Å². The van der Waals surface area contributed by atoms with Crippen LogP contribution in [0.25, 0.3) is 0 Å². The lowest BCUT2D eigenvalue weighted by Gasteiger charge is -2.29. The third-order valence-corrected chi connectivity index (χ3v) is 16.6. The smallest absolute Gasteiger partial charge is 0.268 e. The van der Waals surface area contributed by atoms with Crippen molar-refractivity contribution in [2.75, 3.05) is 40.9 Å². The van der Waals surface area contributed by atoms with Gasteiger partial charge in [-0.25, -0.2) is 0 Å². The van der Waals surface area contributed by atoms with Crippen molar-refractivity contribution in [2.24, 2.45) is 0 Å². The number of hydrogen-bond donors (Lipinski definition) is 2. The van der Waals surface area contributed by atoms with Crippen LogP contribution >= 0.6 is 7.82 Å².